The van der Waals surface area contributed by atoms with Crippen LogP contribution in [-0.4, -0.2) is 58.5 Å². The van der Waals surface area contributed by atoms with Crippen molar-refractivity contribution < 1.29 is 4.79 Å². The molecule has 0 spiro atoms. The Morgan fingerprint density at radius 2 is 2.17 bits per heavy atom. The van der Waals surface area contributed by atoms with Gasteiger partial charge in [0.15, 0.2) is 0 Å². The molecule has 102 valence electrons. The molecule has 2 aliphatic heterocycles. The summed E-state index contributed by atoms with van der Waals surface area (Å²) in [5.74, 6) is 4.11. The fourth-order valence-corrected chi connectivity index (χ4v) is 5.38. The van der Waals surface area contributed by atoms with Crippen LogP contribution in [0.4, 0.5) is 0 Å². The molecule has 3 aliphatic rings. The Kier molecular flexibility index (Phi) is 4.42. The Hall–Kier alpha value is 0.130. The molecule has 2 heterocycles. The second kappa shape index (κ2) is 6.06. The van der Waals surface area contributed by atoms with Gasteiger partial charge in [0.05, 0.1) is 6.04 Å². The highest BCUT2D eigenvalue weighted by Gasteiger charge is 2.34. The highest BCUT2D eigenvalue weighted by molar-refractivity contribution is 8.06. The molecule has 0 radical (unpaired) electrons. The van der Waals surface area contributed by atoms with Crippen LogP contribution in [-0.2, 0) is 4.79 Å². The van der Waals surface area contributed by atoms with E-state index in [2.05, 4.69) is 22.0 Å². The van der Waals surface area contributed by atoms with Crippen LogP contribution < -0.4 is 5.32 Å². The monoisotopic (exact) mass is 286 g/mol. The molecule has 0 aromatic carbocycles. The number of amides is 1. The number of piperidine rings is 1. The van der Waals surface area contributed by atoms with Gasteiger partial charge in [-0.15, -0.1) is 0 Å². The molecule has 0 aromatic heterocycles. The molecule has 0 bridgehead atoms. The number of nitrogens with one attached hydrogen (secondary N) is 1. The second-order valence-corrected chi connectivity index (χ2v) is 8.05. The maximum Gasteiger partial charge on any atom is 0.239 e. The Bertz CT molecular complexity index is 303. The summed E-state index contributed by atoms with van der Waals surface area (Å²) in [4.78, 5) is 14.5. The van der Waals surface area contributed by atoms with Crippen molar-refractivity contribution in [1.82, 2.24) is 10.2 Å². The predicted octanol–water partition coefficient (Wildman–Crippen LogP) is 1.58. The van der Waals surface area contributed by atoms with Gasteiger partial charge >= 0.3 is 0 Å². The summed E-state index contributed by atoms with van der Waals surface area (Å²) < 4.78 is 0. The molecule has 18 heavy (non-hydrogen) atoms. The zero-order chi connectivity index (χ0) is 12.4. The van der Waals surface area contributed by atoms with Crippen LogP contribution >= 0.6 is 23.5 Å². The quantitative estimate of drug-likeness (QED) is 0.850. The van der Waals surface area contributed by atoms with E-state index >= 15 is 0 Å². The standard InChI is InChI=1S/C13H22N2OS2/c16-13-12(14-10-3-4-10)2-1-5-15(13)8-11-9-17-6-7-18-11/h10-12,14H,1-9H2. The second-order valence-electron chi connectivity index (χ2n) is 5.49. The number of hydrogen-bond donors (Lipinski definition) is 1. The van der Waals surface area contributed by atoms with Gasteiger partial charge in [-0.3, -0.25) is 4.79 Å². The number of carbonyl (C=O) groups excluding carboxylic acids is 1. The number of likely N-dealkylation sites (tertiary alicyclic amines) is 1. The third-order valence-electron chi connectivity index (χ3n) is 3.85. The lowest BCUT2D eigenvalue weighted by Crippen LogP contribution is -2.53. The smallest absolute Gasteiger partial charge is 0.239 e. The van der Waals surface area contributed by atoms with Crippen molar-refractivity contribution in [1.29, 1.82) is 0 Å². The van der Waals surface area contributed by atoms with E-state index in [-0.39, 0.29) is 6.04 Å². The van der Waals surface area contributed by atoms with Crippen molar-refractivity contribution in [2.75, 3.05) is 30.3 Å². The van der Waals surface area contributed by atoms with Crippen LogP contribution in [0.2, 0.25) is 0 Å². The predicted molar refractivity (Wildman–Crippen MR) is 79.3 cm³/mol. The van der Waals surface area contributed by atoms with E-state index in [1.165, 1.54) is 36.5 Å². The lowest BCUT2D eigenvalue weighted by molar-refractivity contribution is -0.135. The van der Waals surface area contributed by atoms with E-state index in [1.54, 1.807) is 0 Å². The third kappa shape index (κ3) is 3.36. The molecule has 1 saturated carbocycles. The van der Waals surface area contributed by atoms with Gasteiger partial charge in [0.1, 0.15) is 0 Å². The van der Waals surface area contributed by atoms with Crippen LogP contribution in [0.1, 0.15) is 25.7 Å². The average Bonchev–Trinajstić information content (AvgIpc) is 3.20. The molecule has 3 fully saturated rings. The van der Waals surface area contributed by atoms with Crippen LogP contribution in [0.15, 0.2) is 0 Å². The molecule has 3 nitrogen and oxygen atoms in total. The minimum Gasteiger partial charge on any atom is -0.340 e. The average molecular weight is 286 g/mol. The molecule has 1 N–H and O–H groups in total. The van der Waals surface area contributed by atoms with Crippen LogP contribution in [0.5, 0.6) is 0 Å². The first-order valence-corrected chi connectivity index (χ1v) is 9.27. The number of carbonyl (C=O) groups is 1. The summed E-state index contributed by atoms with van der Waals surface area (Å²) in [5, 5.41) is 4.17. The molecule has 2 unspecified atom stereocenters. The van der Waals surface area contributed by atoms with Crippen molar-refractivity contribution in [3.05, 3.63) is 0 Å². The van der Waals surface area contributed by atoms with E-state index in [1.807, 2.05) is 11.8 Å². The summed E-state index contributed by atoms with van der Waals surface area (Å²) in [6.45, 7) is 1.95. The topological polar surface area (TPSA) is 32.3 Å². The van der Waals surface area contributed by atoms with E-state index in [0.29, 0.717) is 17.2 Å². The van der Waals surface area contributed by atoms with Crippen molar-refractivity contribution in [2.45, 2.75) is 43.0 Å². The van der Waals surface area contributed by atoms with Gasteiger partial charge < -0.3 is 10.2 Å². The molecule has 0 aromatic rings. The molecular formula is C13H22N2OS2. The molecule has 3 rings (SSSR count). The van der Waals surface area contributed by atoms with Gasteiger partial charge in [-0.25, -0.2) is 0 Å². The Balaban J connectivity index is 1.51. The van der Waals surface area contributed by atoms with Crippen molar-refractivity contribution >= 4 is 29.4 Å². The van der Waals surface area contributed by atoms with E-state index in [0.717, 1.165) is 19.5 Å². The summed E-state index contributed by atoms with van der Waals surface area (Å²) in [7, 11) is 0. The van der Waals surface area contributed by atoms with Gasteiger partial charge in [-0.1, -0.05) is 0 Å². The van der Waals surface area contributed by atoms with Crippen LogP contribution in [0.3, 0.4) is 0 Å². The maximum absolute atomic E-state index is 12.4. The molecule has 2 atom stereocenters. The van der Waals surface area contributed by atoms with Gasteiger partial charge in [0.2, 0.25) is 5.91 Å². The van der Waals surface area contributed by atoms with Gasteiger partial charge in [-0.2, -0.15) is 23.5 Å². The minimum absolute atomic E-state index is 0.118. The highest BCUT2D eigenvalue weighted by atomic mass is 32.2. The van der Waals surface area contributed by atoms with Crippen molar-refractivity contribution in [3.8, 4) is 0 Å². The Morgan fingerprint density at radius 1 is 1.28 bits per heavy atom. The molecule has 5 heteroatoms. The normalized spacial score (nSPS) is 33.8. The number of rotatable bonds is 4. The van der Waals surface area contributed by atoms with Crippen molar-refractivity contribution in [2.24, 2.45) is 0 Å². The maximum atomic E-state index is 12.4. The zero-order valence-electron chi connectivity index (χ0n) is 10.8. The molecule has 1 amide bonds. The Morgan fingerprint density at radius 3 is 2.89 bits per heavy atom. The molecule has 2 saturated heterocycles. The molecular weight excluding hydrogens is 264 g/mol. The highest BCUT2D eigenvalue weighted by Crippen LogP contribution is 2.27. The van der Waals surface area contributed by atoms with E-state index < -0.39 is 0 Å². The SMILES string of the molecule is O=C1C(NC2CC2)CCCN1CC1CSCCS1. The van der Waals surface area contributed by atoms with Crippen LogP contribution in [0.25, 0.3) is 0 Å². The summed E-state index contributed by atoms with van der Waals surface area (Å²) in [5.41, 5.74) is 0. The first kappa shape index (κ1) is 13.1. The van der Waals surface area contributed by atoms with Crippen LogP contribution in [0, 0.1) is 0 Å². The fourth-order valence-electron chi connectivity index (χ4n) is 2.70. The number of thioether (sulfide) groups is 2. The lowest BCUT2D eigenvalue weighted by Gasteiger charge is -2.35. The first-order chi connectivity index (χ1) is 8.83. The molecule has 1 aliphatic carbocycles. The van der Waals surface area contributed by atoms with E-state index in [4.69, 9.17) is 0 Å². The zero-order valence-corrected chi connectivity index (χ0v) is 12.4. The minimum atomic E-state index is 0.118. The summed E-state index contributed by atoms with van der Waals surface area (Å²) in [6.07, 6.45) is 4.73. The fraction of sp³-hybridized carbons (Fsp3) is 0.923. The first-order valence-electron chi connectivity index (χ1n) is 7.07. The van der Waals surface area contributed by atoms with Gasteiger partial charge in [0, 0.05) is 41.6 Å². The van der Waals surface area contributed by atoms with Crippen molar-refractivity contribution in [3.63, 3.8) is 0 Å². The summed E-state index contributed by atoms with van der Waals surface area (Å²) >= 11 is 4.09. The van der Waals surface area contributed by atoms with Gasteiger partial charge in [0.25, 0.3) is 0 Å². The van der Waals surface area contributed by atoms with Gasteiger partial charge in [-0.05, 0) is 25.7 Å². The third-order valence-corrected chi connectivity index (χ3v) is 6.68. The summed E-state index contributed by atoms with van der Waals surface area (Å²) in [6, 6.07) is 0.756. The van der Waals surface area contributed by atoms with E-state index in [9.17, 15) is 4.79 Å². The lowest BCUT2D eigenvalue weighted by atomic mass is 10.0. The number of nitrogens with zero attached hydrogens (tertiary/aromatic N) is 1. The number of hydrogen-bond acceptors (Lipinski definition) is 4. The largest absolute Gasteiger partial charge is 0.340 e. The Labute approximate surface area is 118 Å².